The number of hydrogen-bond donors (Lipinski definition) is 2. The molecule has 1 heterocycles. The van der Waals surface area contributed by atoms with E-state index in [1.54, 1.807) is 26.0 Å². The third-order valence-electron chi connectivity index (χ3n) is 4.85. The van der Waals surface area contributed by atoms with E-state index < -0.39 is 10.0 Å². The fraction of sp³-hybridized carbons (Fsp3) is 0.348. The predicted molar refractivity (Wildman–Crippen MR) is 122 cm³/mol. The third-order valence-corrected chi connectivity index (χ3v) is 6.51. The number of hydrazone groups is 1. The van der Waals surface area contributed by atoms with Crippen LogP contribution in [0.25, 0.3) is 0 Å². The summed E-state index contributed by atoms with van der Waals surface area (Å²) in [6.07, 6.45) is 0.787. The molecule has 2 amide bonds. The average Bonchev–Trinajstić information content (AvgIpc) is 3.26. The van der Waals surface area contributed by atoms with Crippen LogP contribution in [0.2, 0.25) is 0 Å². The Balaban J connectivity index is 1.48. The van der Waals surface area contributed by atoms with Crippen molar-refractivity contribution in [3.63, 3.8) is 0 Å². The van der Waals surface area contributed by atoms with Gasteiger partial charge in [-0.05, 0) is 37.1 Å². The van der Waals surface area contributed by atoms with Gasteiger partial charge in [0, 0.05) is 31.8 Å². The summed E-state index contributed by atoms with van der Waals surface area (Å²) in [5.41, 5.74) is 2.52. The second kappa shape index (κ2) is 10.5. The molecule has 170 valence electrons. The first kappa shape index (κ1) is 23.6. The van der Waals surface area contributed by atoms with Crippen molar-refractivity contribution in [3.8, 4) is 0 Å². The zero-order valence-corrected chi connectivity index (χ0v) is 19.1. The largest absolute Gasteiger partial charge is 0.352 e. The Morgan fingerprint density at radius 2 is 1.81 bits per heavy atom. The van der Waals surface area contributed by atoms with Crippen molar-refractivity contribution < 1.29 is 18.0 Å². The summed E-state index contributed by atoms with van der Waals surface area (Å²) in [6.45, 7) is 4.19. The van der Waals surface area contributed by atoms with E-state index in [2.05, 4.69) is 15.1 Å². The minimum absolute atomic E-state index is 0.0401. The molecular formula is C23H28N4O4S. The van der Waals surface area contributed by atoms with Crippen molar-refractivity contribution >= 4 is 27.5 Å². The van der Waals surface area contributed by atoms with Gasteiger partial charge in [-0.2, -0.15) is 5.10 Å². The van der Waals surface area contributed by atoms with Crippen LogP contribution < -0.4 is 10.0 Å². The highest BCUT2D eigenvalue weighted by Gasteiger charge is 2.22. The first-order valence-corrected chi connectivity index (χ1v) is 12.0. The Bertz CT molecular complexity index is 1100. The SMILES string of the molecule is CC(C)NS(=O)(=O)c1cccc(CNC(=O)CCC(=O)N2CCC(c3ccccc3)=N2)c1. The second-order valence-electron chi connectivity index (χ2n) is 7.88. The molecule has 2 N–H and O–H groups in total. The first-order valence-electron chi connectivity index (χ1n) is 10.6. The van der Waals surface area contributed by atoms with E-state index in [0.717, 1.165) is 11.3 Å². The van der Waals surface area contributed by atoms with E-state index in [1.807, 2.05) is 30.3 Å². The lowest BCUT2D eigenvalue weighted by Crippen LogP contribution is -2.30. The van der Waals surface area contributed by atoms with Gasteiger partial charge in [-0.3, -0.25) is 9.59 Å². The van der Waals surface area contributed by atoms with Gasteiger partial charge in [0.15, 0.2) is 0 Å². The summed E-state index contributed by atoms with van der Waals surface area (Å²) in [6, 6.07) is 15.9. The molecule has 0 aromatic heterocycles. The van der Waals surface area contributed by atoms with Gasteiger partial charge in [-0.15, -0.1) is 0 Å². The van der Waals surface area contributed by atoms with Crippen LogP contribution in [-0.2, 0) is 26.2 Å². The molecule has 0 saturated heterocycles. The van der Waals surface area contributed by atoms with Crippen LogP contribution in [0.3, 0.4) is 0 Å². The standard InChI is InChI=1S/C23H28N4O4S/c1-17(2)26-32(30,31)20-10-6-7-18(15-20)16-24-22(28)11-12-23(29)27-14-13-21(25-27)19-8-4-3-5-9-19/h3-10,15,17,26H,11-14,16H2,1-2H3,(H,24,28). The van der Waals surface area contributed by atoms with Crippen LogP contribution in [0.4, 0.5) is 0 Å². The number of rotatable bonds is 9. The number of carbonyl (C=O) groups is 2. The molecule has 2 aromatic rings. The van der Waals surface area contributed by atoms with Crippen LogP contribution in [0.1, 0.15) is 44.2 Å². The zero-order valence-electron chi connectivity index (χ0n) is 18.2. The maximum absolute atomic E-state index is 12.4. The summed E-state index contributed by atoms with van der Waals surface area (Å²) in [7, 11) is -3.60. The first-order chi connectivity index (χ1) is 15.2. The molecule has 1 aliphatic heterocycles. The monoisotopic (exact) mass is 456 g/mol. The van der Waals surface area contributed by atoms with E-state index in [1.165, 1.54) is 17.1 Å². The molecule has 8 nitrogen and oxygen atoms in total. The normalized spacial score (nSPS) is 13.8. The van der Waals surface area contributed by atoms with Crippen molar-refractivity contribution in [2.45, 2.75) is 50.6 Å². The van der Waals surface area contributed by atoms with E-state index >= 15 is 0 Å². The minimum atomic E-state index is -3.60. The Morgan fingerprint density at radius 1 is 1.06 bits per heavy atom. The van der Waals surface area contributed by atoms with Crippen LogP contribution in [0.5, 0.6) is 0 Å². The van der Waals surface area contributed by atoms with E-state index in [9.17, 15) is 18.0 Å². The van der Waals surface area contributed by atoms with Crippen LogP contribution in [-0.4, -0.2) is 43.5 Å². The van der Waals surface area contributed by atoms with Crippen molar-refractivity contribution in [3.05, 3.63) is 65.7 Å². The Morgan fingerprint density at radius 3 is 2.53 bits per heavy atom. The number of amides is 2. The summed E-state index contributed by atoms with van der Waals surface area (Å²) >= 11 is 0. The molecule has 0 saturated carbocycles. The van der Waals surface area contributed by atoms with Crippen molar-refractivity contribution in [1.29, 1.82) is 0 Å². The molecule has 0 unspecified atom stereocenters. The van der Waals surface area contributed by atoms with Crippen molar-refractivity contribution in [1.82, 2.24) is 15.0 Å². The Hall–Kier alpha value is -3.04. The lowest BCUT2D eigenvalue weighted by molar-refractivity contribution is -0.133. The second-order valence-corrected chi connectivity index (χ2v) is 9.59. The van der Waals surface area contributed by atoms with Crippen LogP contribution in [0, 0.1) is 0 Å². The molecule has 0 spiro atoms. The molecule has 0 bridgehead atoms. The highest BCUT2D eigenvalue weighted by Crippen LogP contribution is 2.15. The van der Waals surface area contributed by atoms with E-state index in [4.69, 9.17) is 0 Å². The summed E-state index contributed by atoms with van der Waals surface area (Å²) in [5.74, 6) is -0.475. The van der Waals surface area contributed by atoms with Gasteiger partial charge in [0.25, 0.3) is 0 Å². The minimum Gasteiger partial charge on any atom is -0.352 e. The maximum Gasteiger partial charge on any atom is 0.243 e. The van der Waals surface area contributed by atoms with E-state index in [-0.39, 0.29) is 42.1 Å². The van der Waals surface area contributed by atoms with Crippen molar-refractivity contribution in [2.24, 2.45) is 5.10 Å². The van der Waals surface area contributed by atoms with Gasteiger partial charge < -0.3 is 5.32 Å². The summed E-state index contributed by atoms with van der Waals surface area (Å²) in [4.78, 5) is 24.8. The average molecular weight is 457 g/mol. The fourth-order valence-corrected chi connectivity index (χ4v) is 4.63. The van der Waals surface area contributed by atoms with Crippen LogP contribution in [0.15, 0.2) is 64.6 Å². The summed E-state index contributed by atoms with van der Waals surface area (Å²) in [5, 5.41) is 8.55. The lowest BCUT2D eigenvalue weighted by Gasteiger charge is -2.12. The molecule has 1 aliphatic rings. The molecule has 32 heavy (non-hydrogen) atoms. The third kappa shape index (κ3) is 6.48. The predicted octanol–water partition coefficient (Wildman–Crippen LogP) is 2.41. The molecule has 9 heteroatoms. The molecule has 2 aromatic carbocycles. The Kier molecular flexibility index (Phi) is 7.76. The van der Waals surface area contributed by atoms with Crippen molar-refractivity contribution in [2.75, 3.05) is 6.54 Å². The fourth-order valence-electron chi connectivity index (χ4n) is 3.31. The molecule has 0 radical (unpaired) electrons. The number of carbonyl (C=O) groups excluding carboxylic acids is 2. The molecule has 0 aliphatic carbocycles. The van der Waals surface area contributed by atoms with Gasteiger partial charge in [-0.25, -0.2) is 18.1 Å². The zero-order chi connectivity index (χ0) is 23.1. The highest BCUT2D eigenvalue weighted by molar-refractivity contribution is 7.89. The lowest BCUT2D eigenvalue weighted by atomic mass is 10.1. The molecule has 0 atom stereocenters. The number of benzene rings is 2. The van der Waals surface area contributed by atoms with Gasteiger partial charge >= 0.3 is 0 Å². The van der Waals surface area contributed by atoms with Crippen LogP contribution >= 0.6 is 0 Å². The smallest absolute Gasteiger partial charge is 0.243 e. The van der Waals surface area contributed by atoms with Gasteiger partial charge in [0.2, 0.25) is 21.8 Å². The van der Waals surface area contributed by atoms with E-state index in [0.29, 0.717) is 18.5 Å². The summed E-state index contributed by atoms with van der Waals surface area (Å²) < 4.78 is 27.1. The van der Waals surface area contributed by atoms with Gasteiger partial charge in [0.1, 0.15) is 0 Å². The molecule has 0 fully saturated rings. The quantitative estimate of drug-likeness (QED) is 0.604. The maximum atomic E-state index is 12.4. The molecule has 3 rings (SSSR count). The number of nitrogens with one attached hydrogen (secondary N) is 2. The van der Waals surface area contributed by atoms with Gasteiger partial charge in [0.05, 0.1) is 17.2 Å². The number of nitrogens with zero attached hydrogens (tertiary/aromatic N) is 2. The van der Waals surface area contributed by atoms with Gasteiger partial charge in [-0.1, -0.05) is 42.5 Å². The topological polar surface area (TPSA) is 108 Å². The molecular weight excluding hydrogens is 428 g/mol. The number of hydrogen-bond acceptors (Lipinski definition) is 5. The highest BCUT2D eigenvalue weighted by atomic mass is 32.2. The Labute approximate surface area is 188 Å². The number of sulfonamides is 1.